The van der Waals surface area contributed by atoms with Gasteiger partial charge in [-0.25, -0.2) is 0 Å². The number of thiophene rings is 1. The lowest BCUT2D eigenvalue weighted by atomic mass is 10.1. The fourth-order valence-corrected chi connectivity index (χ4v) is 2.69. The van der Waals surface area contributed by atoms with Crippen molar-refractivity contribution in [2.45, 2.75) is 6.42 Å². The molecular formula is C14H11N5O2S. The number of ketones is 1. The molecule has 0 aliphatic heterocycles. The van der Waals surface area contributed by atoms with E-state index in [1.165, 1.54) is 11.3 Å². The van der Waals surface area contributed by atoms with Gasteiger partial charge in [-0.3, -0.25) is 9.78 Å². The van der Waals surface area contributed by atoms with E-state index in [1.54, 1.807) is 12.4 Å². The highest BCUT2D eigenvalue weighted by molar-refractivity contribution is 7.12. The molecule has 0 aliphatic rings. The number of tetrazole rings is 1. The Morgan fingerprint density at radius 1 is 1.32 bits per heavy atom. The van der Waals surface area contributed by atoms with Crippen molar-refractivity contribution in [2.24, 2.45) is 0 Å². The number of nitrogens with zero attached hydrogens (tertiary/aromatic N) is 4. The Morgan fingerprint density at radius 2 is 2.14 bits per heavy atom. The molecular weight excluding hydrogens is 302 g/mol. The maximum absolute atomic E-state index is 12.1. The molecule has 0 atom stereocenters. The Hall–Kier alpha value is -2.87. The molecule has 110 valence electrons. The molecule has 0 saturated heterocycles. The SMILES string of the molecule is O=C(C=C(O)c1nn[nH]n1)c1cc(Cc2ccncc2)cs1. The number of rotatable bonds is 5. The molecule has 0 radical (unpaired) electrons. The number of aromatic amines is 1. The number of aromatic nitrogens is 5. The smallest absolute Gasteiger partial charge is 0.239 e. The molecule has 0 amide bonds. The minimum atomic E-state index is -0.317. The van der Waals surface area contributed by atoms with Crippen molar-refractivity contribution in [3.05, 3.63) is 63.9 Å². The largest absolute Gasteiger partial charge is 0.504 e. The average molecular weight is 313 g/mol. The number of allylic oxidation sites excluding steroid dienone is 1. The van der Waals surface area contributed by atoms with Gasteiger partial charge in [0.15, 0.2) is 11.5 Å². The second-order valence-electron chi connectivity index (χ2n) is 4.48. The summed E-state index contributed by atoms with van der Waals surface area (Å²) in [5.74, 6) is -0.627. The summed E-state index contributed by atoms with van der Waals surface area (Å²) >= 11 is 1.33. The third kappa shape index (κ3) is 3.23. The molecule has 3 heterocycles. The topological polar surface area (TPSA) is 105 Å². The zero-order valence-corrected chi connectivity index (χ0v) is 12.1. The summed E-state index contributed by atoms with van der Waals surface area (Å²) < 4.78 is 0. The molecule has 0 unspecified atom stereocenters. The number of nitrogens with one attached hydrogen (secondary N) is 1. The summed E-state index contributed by atoms with van der Waals surface area (Å²) in [6.45, 7) is 0. The zero-order chi connectivity index (χ0) is 15.4. The van der Waals surface area contributed by atoms with Crippen molar-refractivity contribution in [3.63, 3.8) is 0 Å². The van der Waals surface area contributed by atoms with E-state index in [2.05, 4.69) is 25.6 Å². The minimum absolute atomic E-state index is 0.0121. The lowest BCUT2D eigenvalue weighted by Crippen LogP contribution is -1.95. The second-order valence-corrected chi connectivity index (χ2v) is 5.39. The lowest BCUT2D eigenvalue weighted by Gasteiger charge is -1.96. The van der Waals surface area contributed by atoms with Gasteiger partial charge < -0.3 is 5.11 Å². The van der Waals surface area contributed by atoms with Crippen LogP contribution in [-0.4, -0.2) is 36.5 Å². The van der Waals surface area contributed by atoms with E-state index in [-0.39, 0.29) is 17.4 Å². The van der Waals surface area contributed by atoms with Crippen molar-refractivity contribution in [2.75, 3.05) is 0 Å². The van der Waals surface area contributed by atoms with E-state index in [0.717, 1.165) is 23.6 Å². The van der Waals surface area contributed by atoms with Crippen molar-refractivity contribution >= 4 is 22.9 Å². The molecule has 2 N–H and O–H groups in total. The predicted molar refractivity (Wildman–Crippen MR) is 80.5 cm³/mol. The Labute approximate surface area is 129 Å². The number of carbonyl (C=O) groups is 1. The van der Waals surface area contributed by atoms with Crippen LogP contribution in [0, 0.1) is 0 Å². The van der Waals surface area contributed by atoms with E-state index >= 15 is 0 Å². The van der Waals surface area contributed by atoms with Crippen molar-refractivity contribution < 1.29 is 9.90 Å². The van der Waals surface area contributed by atoms with Gasteiger partial charge in [-0.1, -0.05) is 0 Å². The molecule has 0 aliphatic carbocycles. The number of aliphatic hydroxyl groups is 1. The standard InChI is InChI=1S/C14H11N5O2S/c20-11(7-12(21)14-16-18-19-17-14)13-6-10(8-22-13)5-9-1-3-15-4-2-9/h1-4,6-8,21H,5H2,(H,16,17,18,19). The van der Waals surface area contributed by atoms with Gasteiger partial charge in [-0.2, -0.15) is 5.21 Å². The predicted octanol–water partition coefficient (Wildman–Crippen LogP) is 2.03. The molecule has 7 nitrogen and oxygen atoms in total. The summed E-state index contributed by atoms with van der Waals surface area (Å²) in [7, 11) is 0. The zero-order valence-electron chi connectivity index (χ0n) is 11.3. The van der Waals surface area contributed by atoms with Crippen LogP contribution in [0.4, 0.5) is 0 Å². The van der Waals surface area contributed by atoms with Gasteiger partial charge in [0, 0.05) is 18.5 Å². The van der Waals surface area contributed by atoms with Crippen molar-refractivity contribution in [3.8, 4) is 0 Å². The van der Waals surface area contributed by atoms with E-state index < -0.39 is 0 Å². The summed E-state index contributed by atoms with van der Waals surface area (Å²) in [4.78, 5) is 16.6. The molecule has 0 fully saturated rings. The fourth-order valence-electron chi connectivity index (χ4n) is 1.86. The number of hydrogen-bond acceptors (Lipinski definition) is 7. The first-order valence-corrected chi connectivity index (χ1v) is 7.25. The number of H-pyrrole nitrogens is 1. The van der Waals surface area contributed by atoms with Gasteiger partial charge in [0.1, 0.15) is 0 Å². The Kier molecular flexibility index (Phi) is 4.01. The van der Waals surface area contributed by atoms with Crippen LogP contribution in [0.2, 0.25) is 0 Å². The molecule has 22 heavy (non-hydrogen) atoms. The van der Waals surface area contributed by atoms with E-state index in [9.17, 15) is 9.90 Å². The van der Waals surface area contributed by atoms with Crippen LogP contribution in [-0.2, 0) is 6.42 Å². The molecule has 0 saturated carbocycles. The number of carbonyl (C=O) groups excluding carboxylic acids is 1. The van der Waals surface area contributed by atoms with E-state index in [4.69, 9.17) is 0 Å². The number of aliphatic hydroxyl groups excluding tert-OH is 1. The maximum atomic E-state index is 12.1. The van der Waals surface area contributed by atoms with Crippen LogP contribution in [0.1, 0.15) is 26.6 Å². The first-order valence-electron chi connectivity index (χ1n) is 6.37. The van der Waals surface area contributed by atoms with E-state index in [1.807, 2.05) is 23.6 Å². The van der Waals surface area contributed by atoms with Crippen LogP contribution < -0.4 is 0 Å². The maximum Gasteiger partial charge on any atom is 0.239 e. The highest BCUT2D eigenvalue weighted by Crippen LogP contribution is 2.19. The Bertz CT molecular complexity index is 796. The van der Waals surface area contributed by atoms with Gasteiger partial charge in [0.25, 0.3) is 0 Å². The van der Waals surface area contributed by atoms with Gasteiger partial charge in [0.2, 0.25) is 5.82 Å². The highest BCUT2D eigenvalue weighted by atomic mass is 32.1. The number of pyridine rings is 1. The van der Waals surface area contributed by atoms with Crippen LogP contribution >= 0.6 is 11.3 Å². The third-order valence-electron chi connectivity index (χ3n) is 2.90. The van der Waals surface area contributed by atoms with Gasteiger partial charge in [-0.05, 0) is 46.3 Å². The first kappa shape index (κ1) is 14.1. The van der Waals surface area contributed by atoms with Crippen LogP contribution in [0.15, 0.2) is 42.0 Å². The fraction of sp³-hybridized carbons (Fsp3) is 0.0714. The molecule has 0 spiro atoms. The molecule has 3 rings (SSSR count). The normalized spacial score (nSPS) is 11.5. The average Bonchev–Trinajstić information content (AvgIpc) is 3.19. The summed E-state index contributed by atoms with van der Waals surface area (Å²) in [6, 6.07) is 5.68. The third-order valence-corrected chi connectivity index (χ3v) is 3.89. The van der Waals surface area contributed by atoms with Gasteiger partial charge in [-0.15, -0.1) is 21.5 Å². The van der Waals surface area contributed by atoms with Gasteiger partial charge in [0.05, 0.1) is 4.88 Å². The van der Waals surface area contributed by atoms with Crippen LogP contribution in [0.25, 0.3) is 5.76 Å². The molecule has 3 aromatic rings. The molecule has 0 bridgehead atoms. The molecule has 0 aromatic carbocycles. The monoisotopic (exact) mass is 313 g/mol. The second kappa shape index (κ2) is 6.27. The lowest BCUT2D eigenvalue weighted by molar-refractivity contribution is 0.104. The van der Waals surface area contributed by atoms with Crippen LogP contribution in [0.5, 0.6) is 0 Å². The van der Waals surface area contributed by atoms with E-state index in [0.29, 0.717) is 4.88 Å². The van der Waals surface area contributed by atoms with Crippen molar-refractivity contribution in [1.82, 2.24) is 25.6 Å². The molecule has 3 aromatic heterocycles. The van der Waals surface area contributed by atoms with Gasteiger partial charge >= 0.3 is 0 Å². The molecule has 8 heteroatoms. The number of hydrogen-bond donors (Lipinski definition) is 2. The van der Waals surface area contributed by atoms with Crippen molar-refractivity contribution in [1.29, 1.82) is 0 Å². The summed E-state index contributed by atoms with van der Waals surface area (Å²) in [5, 5.41) is 24.4. The van der Waals surface area contributed by atoms with Crippen LogP contribution in [0.3, 0.4) is 0 Å². The summed E-state index contributed by atoms with van der Waals surface area (Å²) in [5.41, 5.74) is 2.16. The Morgan fingerprint density at radius 3 is 2.86 bits per heavy atom. The highest BCUT2D eigenvalue weighted by Gasteiger charge is 2.11. The summed E-state index contributed by atoms with van der Waals surface area (Å²) in [6.07, 6.45) is 5.29. The Balaban J connectivity index is 1.73. The minimum Gasteiger partial charge on any atom is -0.504 e. The first-order chi connectivity index (χ1) is 10.7. The quantitative estimate of drug-likeness (QED) is 0.424.